The van der Waals surface area contributed by atoms with E-state index in [0.717, 1.165) is 38.3 Å². The molecule has 0 aliphatic carbocycles. The monoisotopic (exact) mass is 364 g/mol. The third-order valence-electron chi connectivity index (χ3n) is 3.43. The van der Waals surface area contributed by atoms with Crippen LogP contribution in [-0.4, -0.2) is 16.7 Å². The number of alkyl halides is 1. The maximum atomic E-state index is 6.09. The van der Waals surface area contributed by atoms with Gasteiger partial charge in [-0.2, -0.15) is 0 Å². The van der Waals surface area contributed by atoms with Gasteiger partial charge in [0, 0.05) is 10.5 Å². The fraction of sp³-hybridized carbons (Fsp3) is 0.188. The molecule has 0 spiro atoms. The first-order valence-corrected chi connectivity index (χ1v) is 7.84. The number of methoxy groups -OCH3 is 1. The first kappa shape index (κ1) is 14.4. The molecule has 0 N–H and O–H groups in total. The van der Waals surface area contributed by atoms with Crippen molar-refractivity contribution >= 4 is 38.6 Å². The molecule has 2 aromatic carbocycles. The van der Waals surface area contributed by atoms with E-state index in [2.05, 4.69) is 44.5 Å². The molecule has 1 aromatic heterocycles. The smallest absolute Gasteiger partial charge is 0.129 e. The number of benzene rings is 2. The highest BCUT2D eigenvalue weighted by Gasteiger charge is 2.14. The Morgan fingerprint density at radius 3 is 2.81 bits per heavy atom. The largest absolute Gasteiger partial charge is 0.497 e. The first-order valence-electron chi connectivity index (χ1n) is 6.52. The summed E-state index contributed by atoms with van der Waals surface area (Å²) in [4.78, 5) is 4.67. The van der Waals surface area contributed by atoms with E-state index in [1.54, 1.807) is 7.11 Å². The molecule has 0 atom stereocenters. The lowest BCUT2D eigenvalue weighted by atomic mass is 10.2. The van der Waals surface area contributed by atoms with Crippen LogP contribution in [0.5, 0.6) is 5.75 Å². The van der Waals surface area contributed by atoms with Crippen molar-refractivity contribution in [3.05, 3.63) is 52.3 Å². The molecule has 3 aromatic rings. The van der Waals surface area contributed by atoms with Crippen molar-refractivity contribution in [2.75, 3.05) is 7.11 Å². The maximum absolute atomic E-state index is 6.09. The van der Waals surface area contributed by atoms with Gasteiger partial charge < -0.3 is 4.74 Å². The van der Waals surface area contributed by atoms with Crippen LogP contribution in [0.15, 0.2) is 40.9 Å². The molecule has 0 radical (unpaired) electrons. The van der Waals surface area contributed by atoms with Gasteiger partial charge in [-0.25, -0.2) is 4.98 Å². The highest BCUT2D eigenvalue weighted by molar-refractivity contribution is 9.10. The van der Waals surface area contributed by atoms with E-state index < -0.39 is 0 Å². The van der Waals surface area contributed by atoms with Gasteiger partial charge in [0.05, 0.1) is 29.7 Å². The van der Waals surface area contributed by atoms with Crippen LogP contribution in [-0.2, 0) is 5.88 Å². The molecule has 0 amide bonds. The molecular formula is C16H14BrClN2O. The van der Waals surface area contributed by atoms with Gasteiger partial charge in [0.1, 0.15) is 11.6 Å². The predicted molar refractivity (Wildman–Crippen MR) is 89.6 cm³/mol. The normalized spacial score (nSPS) is 11.0. The summed E-state index contributed by atoms with van der Waals surface area (Å²) in [6.07, 6.45) is 0. The number of nitrogens with zero attached hydrogens (tertiary/aromatic N) is 2. The Hall–Kier alpha value is -1.52. The Bertz CT molecular complexity index is 813. The maximum Gasteiger partial charge on any atom is 0.129 e. The molecular weight excluding hydrogens is 352 g/mol. The minimum Gasteiger partial charge on any atom is -0.497 e. The first-order chi connectivity index (χ1) is 10.1. The molecule has 0 aliphatic rings. The van der Waals surface area contributed by atoms with Crippen LogP contribution in [0.4, 0.5) is 0 Å². The topological polar surface area (TPSA) is 27.1 Å². The summed E-state index contributed by atoms with van der Waals surface area (Å²) in [5, 5.41) is 0. The number of aryl methyl sites for hydroxylation is 1. The van der Waals surface area contributed by atoms with E-state index in [1.165, 1.54) is 0 Å². The van der Waals surface area contributed by atoms with Crippen molar-refractivity contribution in [2.45, 2.75) is 12.8 Å². The highest BCUT2D eigenvalue weighted by atomic mass is 79.9. The lowest BCUT2D eigenvalue weighted by molar-refractivity contribution is 0.414. The Kier molecular flexibility index (Phi) is 3.91. The van der Waals surface area contributed by atoms with Crippen LogP contribution in [0.3, 0.4) is 0 Å². The second-order valence-corrected chi connectivity index (χ2v) is 5.97. The number of fused-ring (bicyclic) bond motifs is 1. The minimum atomic E-state index is 0.350. The second kappa shape index (κ2) is 5.70. The van der Waals surface area contributed by atoms with Crippen LogP contribution in [0.2, 0.25) is 0 Å². The number of aromatic nitrogens is 2. The second-order valence-electron chi connectivity index (χ2n) is 4.79. The molecule has 21 heavy (non-hydrogen) atoms. The lowest BCUT2D eigenvalue weighted by Gasteiger charge is -2.10. The van der Waals surface area contributed by atoms with Gasteiger partial charge in [0.15, 0.2) is 0 Å². The number of imidazole rings is 1. The Balaban J connectivity index is 2.33. The zero-order chi connectivity index (χ0) is 15.0. The molecule has 3 nitrogen and oxygen atoms in total. The van der Waals surface area contributed by atoms with Crippen molar-refractivity contribution in [3.8, 4) is 11.4 Å². The SMILES string of the molecule is COc1cc(Br)cc(-n2c(CCl)nc3c(C)cccc32)c1. The summed E-state index contributed by atoms with van der Waals surface area (Å²) in [7, 11) is 1.66. The van der Waals surface area contributed by atoms with Crippen molar-refractivity contribution in [2.24, 2.45) is 0 Å². The quantitative estimate of drug-likeness (QED) is 0.621. The number of para-hydroxylation sites is 1. The number of rotatable bonds is 3. The van der Waals surface area contributed by atoms with E-state index in [-0.39, 0.29) is 0 Å². The molecule has 0 bridgehead atoms. The van der Waals surface area contributed by atoms with E-state index in [4.69, 9.17) is 16.3 Å². The Labute approximate surface area is 136 Å². The van der Waals surface area contributed by atoms with Gasteiger partial charge in [0.2, 0.25) is 0 Å². The number of ether oxygens (including phenoxy) is 1. The standard InChI is InChI=1S/C16H14BrClN2O/c1-10-4-3-5-14-16(10)19-15(9-18)20(14)12-6-11(17)7-13(8-12)21-2/h3-8H,9H2,1-2H3. The molecule has 0 aliphatic heterocycles. The molecule has 0 unspecified atom stereocenters. The summed E-state index contributed by atoms with van der Waals surface area (Å²) < 4.78 is 8.37. The molecule has 108 valence electrons. The highest BCUT2D eigenvalue weighted by Crippen LogP contribution is 2.29. The van der Waals surface area contributed by atoms with Crippen molar-refractivity contribution < 1.29 is 4.74 Å². The van der Waals surface area contributed by atoms with Gasteiger partial charge in [-0.05, 0) is 30.7 Å². The number of hydrogen-bond donors (Lipinski definition) is 0. The fourth-order valence-corrected chi connectivity index (χ4v) is 3.10. The van der Waals surface area contributed by atoms with Crippen LogP contribution >= 0.6 is 27.5 Å². The molecule has 1 heterocycles. The minimum absolute atomic E-state index is 0.350. The molecule has 0 saturated heterocycles. The molecule has 5 heteroatoms. The van der Waals surface area contributed by atoms with Crippen LogP contribution in [0.1, 0.15) is 11.4 Å². The molecule has 3 rings (SSSR count). The predicted octanol–water partition coefficient (Wildman–Crippen LogP) is 4.84. The van der Waals surface area contributed by atoms with Gasteiger partial charge in [-0.3, -0.25) is 4.57 Å². The zero-order valence-electron chi connectivity index (χ0n) is 11.7. The van der Waals surface area contributed by atoms with Gasteiger partial charge in [-0.15, -0.1) is 11.6 Å². The van der Waals surface area contributed by atoms with Gasteiger partial charge in [0.25, 0.3) is 0 Å². The van der Waals surface area contributed by atoms with E-state index in [9.17, 15) is 0 Å². The van der Waals surface area contributed by atoms with Crippen LogP contribution in [0.25, 0.3) is 16.7 Å². The molecule has 0 fully saturated rings. The summed E-state index contributed by atoms with van der Waals surface area (Å²) in [5.74, 6) is 1.96. The van der Waals surface area contributed by atoms with Gasteiger partial charge in [-0.1, -0.05) is 28.1 Å². The number of hydrogen-bond acceptors (Lipinski definition) is 2. The summed E-state index contributed by atoms with van der Waals surface area (Å²) in [6.45, 7) is 2.05. The third kappa shape index (κ3) is 2.54. The van der Waals surface area contributed by atoms with Crippen molar-refractivity contribution in [1.82, 2.24) is 9.55 Å². The Morgan fingerprint density at radius 2 is 2.10 bits per heavy atom. The summed E-state index contributed by atoms with van der Waals surface area (Å²) in [5.41, 5.74) is 4.14. The average molecular weight is 366 g/mol. The average Bonchev–Trinajstić information content (AvgIpc) is 2.86. The number of halogens is 2. The third-order valence-corrected chi connectivity index (χ3v) is 4.12. The van der Waals surface area contributed by atoms with E-state index in [1.807, 2.05) is 24.3 Å². The van der Waals surface area contributed by atoms with Crippen LogP contribution < -0.4 is 4.74 Å². The van der Waals surface area contributed by atoms with E-state index >= 15 is 0 Å². The summed E-state index contributed by atoms with van der Waals surface area (Å²) >= 11 is 9.61. The molecule has 0 saturated carbocycles. The van der Waals surface area contributed by atoms with Crippen LogP contribution in [0, 0.1) is 6.92 Å². The van der Waals surface area contributed by atoms with E-state index in [0.29, 0.717) is 5.88 Å². The van der Waals surface area contributed by atoms with Crippen molar-refractivity contribution in [3.63, 3.8) is 0 Å². The fourth-order valence-electron chi connectivity index (χ4n) is 2.46. The van der Waals surface area contributed by atoms with Gasteiger partial charge >= 0.3 is 0 Å². The zero-order valence-corrected chi connectivity index (χ0v) is 14.1. The Morgan fingerprint density at radius 1 is 1.29 bits per heavy atom. The van der Waals surface area contributed by atoms with Crippen molar-refractivity contribution in [1.29, 1.82) is 0 Å². The lowest BCUT2D eigenvalue weighted by Crippen LogP contribution is -2.00. The summed E-state index contributed by atoms with van der Waals surface area (Å²) in [6, 6.07) is 12.1.